The summed E-state index contributed by atoms with van der Waals surface area (Å²) >= 11 is 0. The molecule has 2 aromatic rings. The predicted molar refractivity (Wildman–Crippen MR) is 76.2 cm³/mol. The molecule has 0 spiro atoms. The molecule has 1 aromatic carbocycles. The second-order valence-electron chi connectivity index (χ2n) is 5.11. The first-order chi connectivity index (χ1) is 9.40. The van der Waals surface area contributed by atoms with Crippen LogP contribution in [-0.2, 0) is 11.3 Å². The molecule has 1 saturated heterocycles. The van der Waals surface area contributed by atoms with Crippen LogP contribution in [0.1, 0.15) is 31.1 Å². The first kappa shape index (κ1) is 12.6. The maximum atomic E-state index is 5.17. The number of aryl methyl sites for hydroxylation is 1. The van der Waals surface area contributed by atoms with Gasteiger partial charge in [-0.25, -0.2) is 4.98 Å². The lowest BCUT2D eigenvalue weighted by atomic mass is 10.2. The highest BCUT2D eigenvalue weighted by Gasteiger charge is 2.22. The molecule has 0 amide bonds. The third-order valence-electron chi connectivity index (χ3n) is 3.79. The molecule has 0 aliphatic carbocycles. The summed E-state index contributed by atoms with van der Waals surface area (Å²) in [5.41, 5.74) is 2.34. The molecule has 102 valence electrons. The summed E-state index contributed by atoms with van der Waals surface area (Å²) in [5.74, 6) is 1.19. The van der Waals surface area contributed by atoms with Gasteiger partial charge in [0.2, 0.25) is 0 Å². The van der Waals surface area contributed by atoms with E-state index in [-0.39, 0.29) is 0 Å². The van der Waals surface area contributed by atoms with Crippen molar-refractivity contribution in [1.82, 2.24) is 14.9 Å². The van der Waals surface area contributed by atoms with Crippen molar-refractivity contribution in [3.63, 3.8) is 0 Å². The summed E-state index contributed by atoms with van der Waals surface area (Å²) in [6.45, 7) is 2.87. The number of imidazole rings is 1. The molecule has 1 aliphatic heterocycles. The zero-order chi connectivity index (χ0) is 13.1. The molecule has 19 heavy (non-hydrogen) atoms. The quantitative estimate of drug-likeness (QED) is 0.839. The molecular weight excluding hydrogens is 238 g/mol. The van der Waals surface area contributed by atoms with E-state index in [1.54, 1.807) is 7.11 Å². The van der Waals surface area contributed by atoms with Gasteiger partial charge in [-0.3, -0.25) is 0 Å². The Morgan fingerprint density at radius 2 is 2.32 bits per heavy atom. The molecule has 1 aliphatic rings. The van der Waals surface area contributed by atoms with Gasteiger partial charge in [-0.1, -0.05) is 12.1 Å². The van der Waals surface area contributed by atoms with E-state index in [2.05, 4.69) is 34.1 Å². The molecule has 1 N–H and O–H groups in total. The first-order valence-electron chi connectivity index (χ1n) is 7.07. The van der Waals surface area contributed by atoms with Crippen LogP contribution in [0.3, 0.4) is 0 Å². The highest BCUT2D eigenvalue weighted by molar-refractivity contribution is 5.76. The highest BCUT2D eigenvalue weighted by atomic mass is 16.5. The third-order valence-corrected chi connectivity index (χ3v) is 3.79. The van der Waals surface area contributed by atoms with Crippen molar-refractivity contribution in [1.29, 1.82) is 0 Å². The maximum absolute atomic E-state index is 5.17. The van der Waals surface area contributed by atoms with Gasteiger partial charge in [0.05, 0.1) is 17.1 Å². The summed E-state index contributed by atoms with van der Waals surface area (Å²) in [5, 5.41) is 3.55. The van der Waals surface area contributed by atoms with Crippen LogP contribution in [0.15, 0.2) is 24.3 Å². The van der Waals surface area contributed by atoms with Gasteiger partial charge in [0.15, 0.2) is 0 Å². The largest absolute Gasteiger partial charge is 0.385 e. The van der Waals surface area contributed by atoms with Crippen LogP contribution in [0.4, 0.5) is 0 Å². The third kappa shape index (κ3) is 2.51. The van der Waals surface area contributed by atoms with Crippen LogP contribution in [0.25, 0.3) is 11.0 Å². The standard InChI is InChI=1S/C15H21N3O/c1-19-11-5-10-18-14-8-3-2-6-12(14)17-15(18)13-7-4-9-16-13/h2-3,6,8,13,16H,4-5,7,9-11H2,1H3. The first-order valence-corrected chi connectivity index (χ1v) is 7.07. The van der Waals surface area contributed by atoms with Crippen LogP contribution < -0.4 is 5.32 Å². The Hall–Kier alpha value is -1.39. The minimum absolute atomic E-state index is 0.412. The Labute approximate surface area is 113 Å². The Kier molecular flexibility index (Phi) is 3.80. The Bertz CT molecular complexity index is 543. The fraction of sp³-hybridized carbons (Fsp3) is 0.533. The molecule has 1 aromatic heterocycles. The fourth-order valence-electron chi connectivity index (χ4n) is 2.87. The van der Waals surface area contributed by atoms with E-state index in [1.807, 2.05) is 0 Å². The summed E-state index contributed by atoms with van der Waals surface area (Å²) < 4.78 is 7.53. The number of hydrogen-bond acceptors (Lipinski definition) is 3. The number of benzene rings is 1. The number of ether oxygens (including phenoxy) is 1. The number of aromatic nitrogens is 2. The Morgan fingerprint density at radius 3 is 3.11 bits per heavy atom. The molecule has 1 fully saturated rings. The van der Waals surface area contributed by atoms with Crippen molar-refractivity contribution in [2.75, 3.05) is 20.3 Å². The van der Waals surface area contributed by atoms with E-state index >= 15 is 0 Å². The smallest absolute Gasteiger partial charge is 0.127 e. The summed E-state index contributed by atoms with van der Waals surface area (Å²) in [6, 6.07) is 8.81. The van der Waals surface area contributed by atoms with Crippen LogP contribution in [0, 0.1) is 0 Å². The van der Waals surface area contributed by atoms with Crippen molar-refractivity contribution in [3.8, 4) is 0 Å². The lowest BCUT2D eigenvalue weighted by molar-refractivity contribution is 0.190. The van der Waals surface area contributed by atoms with Crippen LogP contribution in [0.2, 0.25) is 0 Å². The van der Waals surface area contributed by atoms with E-state index in [0.717, 1.165) is 31.6 Å². The van der Waals surface area contributed by atoms with Crippen molar-refractivity contribution < 1.29 is 4.74 Å². The zero-order valence-corrected chi connectivity index (χ0v) is 11.4. The molecule has 4 heteroatoms. The lowest BCUT2D eigenvalue weighted by Crippen LogP contribution is -2.18. The van der Waals surface area contributed by atoms with Crippen molar-refractivity contribution in [3.05, 3.63) is 30.1 Å². The molecule has 0 radical (unpaired) electrons. The van der Waals surface area contributed by atoms with Crippen LogP contribution >= 0.6 is 0 Å². The maximum Gasteiger partial charge on any atom is 0.127 e. The topological polar surface area (TPSA) is 39.1 Å². The number of rotatable bonds is 5. The van der Waals surface area contributed by atoms with Crippen LogP contribution in [0.5, 0.6) is 0 Å². The average Bonchev–Trinajstić information content (AvgIpc) is 3.06. The second-order valence-corrected chi connectivity index (χ2v) is 5.11. The van der Waals surface area contributed by atoms with Gasteiger partial charge in [-0.15, -0.1) is 0 Å². The van der Waals surface area contributed by atoms with E-state index in [0.29, 0.717) is 6.04 Å². The number of methoxy groups -OCH3 is 1. The zero-order valence-electron chi connectivity index (χ0n) is 11.4. The minimum Gasteiger partial charge on any atom is -0.385 e. The van der Waals surface area contributed by atoms with Gasteiger partial charge in [-0.2, -0.15) is 0 Å². The number of para-hydroxylation sites is 2. The second kappa shape index (κ2) is 5.72. The molecule has 0 bridgehead atoms. The van der Waals surface area contributed by atoms with Crippen molar-refractivity contribution in [2.45, 2.75) is 31.8 Å². The summed E-state index contributed by atoms with van der Waals surface area (Å²) in [6.07, 6.45) is 3.45. The fourth-order valence-corrected chi connectivity index (χ4v) is 2.87. The van der Waals surface area contributed by atoms with Gasteiger partial charge in [0, 0.05) is 20.3 Å². The van der Waals surface area contributed by atoms with Gasteiger partial charge in [0.1, 0.15) is 5.82 Å². The van der Waals surface area contributed by atoms with E-state index in [4.69, 9.17) is 9.72 Å². The Morgan fingerprint density at radius 1 is 1.42 bits per heavy atom. The molecule has 3 rings (SSSR count). The lowest BCUT2D eigenvalue weighted by Gasteiger charge is -2.13. The van der Waals surface area contributed by atoms with Gasteiger partial charge < -0.3 is 14.6 Å². The molecule has 1 atom stereocenters. The highest BCUT2D eigenvalue weighted by Crippen LogP contribution is 2.26. The molecule has 0 saturated carbocycles. The van der Waals surface area contributed by atoms with Gasteiger partial charge >= 0.3 is 0 Å². The van der Waals surface area contributed by atoms with Crippen molar-refractivity contribution in [2.24, 2.45) is 0 Å². The number of nitrogens with zero attached hydrogens (tertiary/aromatic N) is 2. The van der Waals surface area contributed by atoms with Crippen molar-refractivity contribution >= 4 is 11.0 Å². The number of fused-ring (bicyclic) bond motifs is 1. The normalized spacial score (nSPS) is 19.3. The van der Waals surface area contributed by atoms with E-state index in [9.17, 15) is 0 Å². The molecule has 2 heterocycles. The predicted octanol–water partition coefficient (Wildman–Crippen LogP) is 2.50. The summed E-state index contributed by atoms with van der Waals surface area (Å²) in [4.78, 5) is 4.83. The SMILES string of the molecule is COCCCn1c(C2CCCN2)nc2ccccc21. The summed E-state index contributed by atoms with van der Waals surface area (Å²) in [7, 11) is 1.76. The van der Waals surface area contributed by atoms with Gasteiger partial charge in [-0.05, 0) is 37.9 Å². The average molecular weight is 259 g/mol. The number of hydrogen-bond donors (Lipinski definition) is 1. The van der Waals surface area contributed by atoms with Crippen LogP contribution in [-0.4, -0.2) is 29.8 Å². The number of nitrogens with one attached hydrogen (secondary N) is 1. The van der Waals surface area contributed by atoms with E-state index < -0.39 is 0 Å². The molecule has 4 nitrogen and oxygen atoms in total. The Balaban J connectivity index is 1.95. The molecule has 1 unspecified atom stereocenters. The van der Waals surface area contributed by atoms with E-state index in [1.165, 1.54) is 24.2 Å². The molecular formula is C15H21N3O. The monoisotopic (exact) mass is 259 g/mol. The van der Waals surface area contributed by atoms with Gasteiger partial charge in [0.25, 0.3) is 0 Å². The minimum atomic E-state index is 0.412.